The van der Waals surface area contributed by atoms with Gasteiger partial charge in [0.1, 0.15) is 5.52 Å². The van der Waals surface area contributed by atoms with Crippen LogP contribution in [-0.2, 0) is 11.2 Å². The van der Waals surface area contributed by atoms with Crippen molar-refractivity contribution in [2.75, 3.05) is 27.2 Å². The Morgan fingerprint density at radius 2 is 1.97 bits per heavy atom. The van der Waals surface area contributed by atoms with E-state index in [-0.39, 0.29) is 17.9 Å². The molecule has 1 aliphatic heterocycles. The molecule has 2 aromatic carbocycles. The second-order valence-electron chi connectivity index (χ2n) is 9.10. The maximum Gasteiger partial charge on any atom is 0.267 e. The van der Waals surface area contributed by atoms with E-state index in [0.29, 0.717) is 53.6 Å². The lowest BCUT2D eigenvalue weighted by Gasteiger charge is -2.29. The predicted octanol–water partition coefficient (Wildman–Crippen LogP) is 3.79. The van der Waals surface area contributed by atoms with Crippen LogP contribution in [0.5, 0.6) is 0 Å². The molecule has 2 heterocycles. The van der Waals surface area contributed by atoms with Gasteiger partial charge in [-0.15, -0.1) is 0 Å². The summed E-state index contributed by atoms with van der Waals surface area (Å²) in [5.74, 6) is 0.701. The number of oxazole rings is 1. The number of rotatable bonds is 8. The summed E-state index contributed by atoms with van der Waals surface area (Å²) in [6.45, 7) is 5.20. The lowest BCUT2D eigenvalue weighted by Crippen LogP contribution is -2.41. The second-order valence-corrected chi connectivity index (χ2v) is 9.10. The summed E-state index contributed by atoms with van der Waals surface area (Å²) in [6, 6.07) is 15.4. The second kappa shape index (κ2) is 10.1. The molecule has 0 fully saturated rings. The molecule has 1 unspecified atom stereocenters. The average Bonchev–Trinajstić information content (AvgIpc) is 3.37. The fraction of sp³-hybridized carbons (Fsp3) is 0.370. The summed E-state index contributed by atoms with van der Waals surface area (Å²) in [4.78, 5) is 34.3. The molecule has 178 valence electrons. The molecule has 0 bridgehead atoms. The summed E-state index contributed by atoms with van der Waals surface area (Å²) < 4.78 is 5.73. The van der Waals surface area contributed by atoms with Gasteiger partial charge in [-0.1, -0.05) is 49.4 Å². The molecular weight excluding hydrogens is 428 g/mol. The first kappa shape index (κ1) is 23.5. The number of likely N-dealkylation sites (N-methyl/N-ethyl adjacent to an activating group) is 2. The first-order chi connectivity index (χ1) is 16.3. The minimum Gasteiger partial charge on any atom is -0.440 e. The van der Waals surface area contributed by atoms with Crippen LogP contribution in [-0.4, -0.2) is 59.8 Å². The van der Waals surface area contributed by atoms with Crippen molar-refractivity contribution in [1.29, 1.82) is 0 Å². The molecule has 4 rings (SSSR count). The smallest absolute Gasteiger partial charge is 0.267 e. The molecule has 34 heavy (non-hydrogen) atoms. The van der Waals surface area contributed by atoms with E-state index in [1.807, 2.05) is 55.4 Å². The van der Waals surface area contributed by atoms with Crippen molar-refractivity contribution in [3.05, 3.63) is 77.3 Å². The van der Waals surface area contributed by atoms with Gasteiger partial charge >= 0.3 is 0 Å². The Bertz CT molecular complexity index is 1200. The van der Waals surface area contributed by atoms with E-state index in [1.165, 1.54) is 0 Å². The molecule has 0 aliphatic carbocycles. The number of nitrogens with one attached hydrogen (secondary N) is 1. The van der Waals surface area contributed by atoms with Crippen LogP contribution in [0.4, 0.5) is 0 Å². The van der Waals surface area contributed by atoms with Gasteiger partial charge in [0.05, 0.1) is 11.3 Å². The Kier molecular flexibility index (Phi) is 7.01. The maximum atomic E-state index is 13.5. The molecule has 0 saturated heterocycles. The third-order valence-corrected chi connectivity index (χ3v) is 6.35. The molecule has 1 N–H and O–H groups in total. The van der Waals surface area contributed by atoms with Gasteiger partial charge in [0.2, 0.25) is 0 Å². The quantitative estimate of drug-likeness (QED) is 0.553. The number of fused-ring (bicyclic) bond motifs is 1. The highest BCUT2D eigenvalue weighted by atomic mass is 16.3. The number of amides is 2. The first-order valence-electron chi connectivity index (χ1n) is 11.7. The molecule has 7 heteroatoms. The lowest BCUT2D eigenvalue weighted by atomic mass is 10.0. The highest BCUT2D eigenvalue weighted by molar-refractivity contribution is 6.04. The van der Waals surface area contributed by atoms with Crippen LogP contribution < -0.4 is 5.32 Å². The standard InChI is InChI=1S/C27H32N4O3/c1-18-15-24(30(3)17-18)26(32)28-14-13-21(16-20-9-6-5-7-10-20)31(4)27(33)22-11-8-12-23-25(22)34-19(2)29-23/h5-12,15,18,21H,13-14,16-17H2,1-4H3,(H,28,32)/t18?,21-/m1/s1. The van der Waals surface area contributed by atoms with Crippen LogP contribution in [0, 0.1) is 12.8 Å². The van der Waals surface area contributed by atoms with Crippen molar-refractivity contribution in [2.24, 2.45) is 5.92 Å². The average molecular weight is 461 g/mol. The topological polar surface area (TPSA) is 78.7 Å². The molecule has 1 aliphatic rings. The van der Waals surface area contributed by atoms with Gasteiger partial charge in [-0.25, -0.2) is 4.98 Å². The summed E-state index contributed by atoms with van der Waals surface area (Å²) in [7, 11) is 3.75. The molecule has 0 radical (unpaired) electrons. The highest BCUT2D eigenvalue weighted by Gasteiger charge is 2.26. The monoisotopic (exact) mass is 460 g/mol. The third-order valence-electron chi connectivity index (χ3n) is 6.35. The zero-order valence-electron chi connectivity index (χ0n) is 20.2. The van der Waals surface area contributed by atoms with Gasteiger partial charge in [-0.05, 0) is 36.5 Å². The number of hydrogen-bond acceptors (Lipinski definition) is 5. The lowest BCUT2D eigenvalue weighted by molar-refractivity contribution is -0.118. The van der Waals surface area contributed by atoms with Crippen molar-refractivity contribution >= 4 is 22.9 Å². The van der Waals surface area contributed by atoms with Crippen LogP contribution in [0.2, 0.25) is 0 Å². The maximum absolute atomic E-state index is 13.5. The molecule has 0 spiro atoms. The number of aryl methyl sites for hydroxylation is 1. The van der Waals surface area contributed by atoms with Crippen molar-refractivity contribution in [2.45, 2.75) is 32.7 Å². The Morgan fingerprint density at radius 1 is 1.21 bits per heavy atom. The van der Waals surface area contributed by atoms with Crippen molar-refractivity contribution < 1.29 is 14.0 Å². The molecule has 1 aromatic heterocycles. The Morgan fingerprint density at radius 3 is 2.68 bits per heavy atom. The van der Waals surface area contributed by atoms with E-state index in [4.69, 9.17) is 4.42 Å². The van der Waals surface area contributed by atoms with Gasteiger partial charge in [-0.3, -0.25) is 9.59 Å². The first-order valence-corrected chi connectivity index (χ1v) is 11.7. The Labute approximate surface area is 200 Å². The number of nitrogens with zero attached hydrogens (tertiary/aromatic N) is 3. The zero-order valence-corrected chi connectivity index (χ0v) is 20.2. The van der Waals surface area contributed by atoms with E-state index in [9.17, 15) is 9.59 Å². The third kappa shape index (κ3) is 5.14. The number of carbonyl (C=O) groups excluding carboxylic acids is 2. The van der Waals surface area contributed by atoms with Crippen LogP contribution >= 0.6 is 0 Å². The van der Waals surface area contributed by atoms with Crippen LogP contribution in [0.25, 0.3) is 11.1 Å². The number of carbonyl (C=O) groups is 2. The molecule has 0 saturated carbocycles. The highest BCUT2D eigenvalue weighted by Crippen LogP contribution is 2.23. The van der Waals surface area contributed by atoms with Crippen molar-refractivity contribution in [3.63, 3.8) is 0 Å². The molecule has 3 aromatic rings. The number of aromatic nitrogens is 1. The van der Waals surface area contributed by atoms with Gasteiger partial charge in [0.25, 0.3) is 11.8 Å². The molecular formula is C27H32N4O3. The summed E-state index contributed by atoms with van der Waals surface area (Å²) >= 11 is 0. The van der Waals surface area contributed by atoms with Crippen LogP contribution in [0.3, 0.4) is 0 Å². The minimum atomic E-state index is -0.124. The summed E-state index contributed by atoms with van der Waals surface area (Å²) in [6.07, 6.45) is 3.32. The van der Waals surface area contributed by atoms with E-state index in [2.05, 4.69) is 29.4 Å². The number of para-hydroxylation sites is 1. The fourth-order valence-electron chi connectivity index (χ4n) is 4.58. The predicted molar refractivity (Wildman–Crippen MR) is 132 cm³/mol. The molecule has 2 amide bonds. The van der Waals surface area contributed by atoms with E-state index in [0.717, 1.165) is 12.1 Å². The largest absolute Gasteiger partial charge is 0.440 e. The summed E-state index contributed by atoms with van der Waals surface area (Å²) in [5.41, 5.74) is 3.53. The molecule has 7 nitrogen and oxygen atoms in total. The van der Waals surface area contributed by atoms with Gasteiger partial charge in [0, 0.05) is 40.2 Å². The number of hydrogen-bond donors (Lipinski definition) is 1. The van der Waals surface area contributed by atoms with E-state index >= 15 is 0 Å². The van der Waals surface area contributed by atoms with Gasteiger partial charge in [-0.2, -0.15) is 0 Å². The van der Waals surface area contributed by atoms with E-state index in [1.54, 1.807) is 17.9 Å². The fourth-order valence-corrected chi connectivity index (χ4v) is 4.58. The van der Waals surface area contributed by atoms with Crippen molar-refractivity contribution in [1.82, 2.24) is 20.1 Å². The Hall–Kier alpha value is -3.61. The van der Waals surface area contributed by atoms with Gasteiger partial charge in [0.15, 0.2) is 11.5 Å². The summed E-state index contributed by atoms with van der Waals surface area (Å²) in [5, 5.41) is 3.04. The van der Waals surface area contributed by atoms with Gasteiger partial charge < -0.3 is 19.5 Å². The van der Waals surface area contributed by atoms with Crippen LogP contribution in [0.1, 0.15) is 35.2 Å². The zero-order chi connectivity index (χ0) is 24.2. The van der Waals surface area contributed by atoms with Crippen molar-refractivity contribution in [3.8, 4) is 0 Å². The molecule has 2 atom stereocenters. The minimum absolute atomic E-state index is 0.0683. The SMILES string of the molecule is Cc1nc2cccc(C(=O)N(C)[C@H](CCNC(=O)C3=CC(C)CN3C)Cc3ccccc3)c2o1. The Balaban J connectivity index is 1.50. The van der Waals surface area contributed by atoms with E-state index < -0.39 is 0 Å². The van der Waals surface area contributed by atoms with Crippen LogP contribution in [0.15, 0.2) is 64.7 Å². The normalized spacial score (nSPS) is 16.4. The number of benzene rings is 2.